The van der Waals surface area contributed by atoms with Crippen LogP contribution in [0, 0.1) is 5.92 Å². The fraction of sp³-hybridized carbons (Fsp3) is 0.615. The SMILES string of the molecule is CCCNc1cc(S(=O)(=O)N(C)CC2CC2)ccn1. The van der Waals surface area contributed by atoms with Crippen LogP contribution >= 0.6 is 0 Å². The van der Waals surface area contributed by atoms with E-state index in [4.69, 9.17) is 0 Å². The van der Waals surface area contributed by atoms with Gasteiger partial charge in [0.05, 0.1) is 4.90 Å². The minimum Gasteiger partial charge on any atom is -0.370 e. The summed E-state index contributed by atoms with van der Waals surface area (Å²) in [6, 6.07) is 3.16. The van der Waals surface area contributed by atoms with Crippen molar-refractivity contribution in [2.75, 3.05) is 25.5 Å². The second-order valence-electron chi connectivity index (χ2n) is 5.03. The fourth-order valence-corrected chi connectivity index (χ4v) is 3.12. The monoisotopic (exact) mass is 283 g/mol. The van der Waals surface area contributed by atoms with Crippen LogP contribution in [-0.4, -0.2) is 37.8 Å². The molecule has 0 atom stereocenters. The van der Waals surface area contributed by atoms with Crippen molar-refractivity contribution in [3.8, 4) is 0 Å². The molecule has 1 fully saturated rings. The van der Waals surface area contributed by atoms with Crippen LogP contribution < -0.4 is 5.32 Å². The van der Waals surface area contributed by atoms with Crippen molar-refractivity contribution in [2.24, 2.45) is 5.92 Å². The summed E-state index contributed by atoms with van der Waals surface area (Å²) < 4.78 is 26.2. The van der Waals surface area contributed by atoms with Crippen LogP contribution in [0.25, 0.3) is 0 Å². The second-order valence-corrected chi connectivity index (χ2v) is 7.08. The summed E-state index contributed by atoms with van der Waals surface area (Å²) in [5.74, 6) is 1.15. The molecule has 0 unspecified atom stereocenters. The topological polar surface area (TPSA) is 62.3 Å². The van der Waals surface area contributed by atoms with E-state index >= 15 is 0 Å². The van der Waals surface area contributed by atoms with E-state index in [1.165, 1.54) is 10.5 Å². The molecule has 0 spiro atoms. The molecule has 0 bridgehead atoms. The molecule has 1 heterocycles. The number of sulfonamides is 1. The number of pyridine rings is 1. The number of aromatic nitrogens is 1. The maximum absolute atomic E-state index is 12.4. The van der Waals surface area contributed by atoms with Crippen LogP contribution in [0.4, 0.5) is 5.82 Å². The first-order valence-corrected chi connectivity index (χ1v) is 8.14. The normalized spacial score (nSPS) is 15.7. The van der Waals surface area contributed by atoms with Gasteiger partial charge in [-0.3, -0.25) is 0 Å². The number of nitrogens with one attached hydrogen (secondary N) is 1. The summed E-state index contributed by atoms with van der Waals surface area (Å²) in [5.41, 5.74) is 0. The van der Waals surface area contributed by atoms with Gasteiger partial charge >= 0.3 is 0 Å². The van der Waals surface area contributed by atoms with E-state index in [9.17, 15) is 8.42 Å². The largest absolute Gasteiger partial charge is 0.370 e. The van der Waals surface area contributed by atoms with Crippen LogP contribution in [0.3, 0.4) is 0 Å². The van der Waals surface area contributed by atoms with Gasteiger partial charge in [0.1, 0.15) is 5.82 Å². The molecule has 5 nitrogen and oxygen atoms in total. The quantitative estimate of drug-likeness (QED) is 0.830. The Morgan fingerprint density at radius 1 is 1.47 bits per heavy atom. The smallest absolute Gasteiger partial charge is 0.243 e. The Balaban J connectivity index is 2.14. The van der Waals surface area contributed by atoms with Gasteiger partial charge in [-0.2, -0.15) is 0 Å². The Labute approximate surface area is 115 Å². The molecule has 0 saturated heterocycles. The Bertz CT molecular complexity index is 526. The van der Waals surface area contributed by atoms with Crippen molar-refractivity contribution < 1.29 is 8.42 Å². The van der Waals surface area contributed by atoms with Crippen molar-refractivity contribution in [3.63, 3.8) is 0 Å². The molecule has 2 rings (SSSR count). The van der Waals surface area contributed by atoms with Gasteiger partial charge in [0, 0.05) is 32.4 Å². The molecule has 1 N–H and O–H groups in total. The highest BCUT2D eigenvalue weighted by Crippen LogP contribution is 2.31. The summed E-state index contributed by atoms with van der Waals surface area (Å²) in [4.78, 5) is 4.44. The van der Waals surface area contributed by atoms with Gasteiger partial charge in [-0.1, -0.05) is 6.92 Å². The lowest BCUT2D eigenvalue weighted by Crippen LogP contribution is -2.29. The summed E-state index contributed by atoms with van der Waals surface area (Å²) in [7, 11) is -1.74. The van der Waals surface area contributed by atoms with Crippen LogP contribution in [-0.2, 0) is 10.0 Å². The van der Waals surface area contributed by atoms with E-state index in [2.05, 4.69) is 17.2 Å². The summed E-state index contributed by atoms with van der Waals surface area (Å²) in [5, 5.41) is 3.10. The molecule has 1 aliphatic rings. The molecule has 0 amide bonds. The Kier molecular flexibility index (Phi) is 4.42. The fourth-order valence-electron chi connectivity index (χ4n) is 1.86. The zero-order chi connectivity index (χ0) is 13.9. The van der Waals surface area contributed by atoms with Crippen molar-refractivity contribution in [3.05, 3.63) is 18.3 Å². The highest BCUT2D eigenvalue weighted by atomic mass is 32.2. The Hall–Kier alpha value is -1.14. The summed E-state index contributed by atoms with van der Waals surface area (Å²) in [6.07, 6.45) is 4.79. The first-order valence-electron chi connectivity index (χ1n) is 6.70. The van der Waals surface area contributed by atoms with Crippen LogP contribution in [0.15, 0.2) is 23.2 Å². The number of nitrogens with zero attached hydrogens (tertiary/aromatic N) is 2. The third-order valence-electron chi connectivity index (χ3n) is 3.21. The highest BCUT2D eigenvalue weighted by molar-refractivity contribution is 7.89. The molecule has 1 aromatic rings. The molecule has 1 saturated carbocycles. The van der Waals surface area contributed by atoms with Gasteiger partial charge in [0.2, 0.25) is 10.0 Å². The molecular formula is C13H21N3O2S. The average molecular weight is 283 g/mol. The third-order valence-corrected chi connectivity index (χ3v) is 5.03. The average Bonchev–Trinajstić information content (AvgIpc) is 3.20. The minimum absolute atomic E-state index is 0.309. The van der Waals surface area contributed by atoms with E-state index in [-0.39, 0.29) is 0 Å². The lowest BCUT2D eigenvalue weighted by atomic mass is 10.4. The van der Waals surface area contributed by atoms with E-state index < -0.39 is 10.0 Å². The standard InChI is InChI=1S/C13H21N3O2S/c1-3-7-14-13-9-12(6-8-15-13)19(17,18)16(2)10-11-4-5-11/h6,8-9,11H,3-5,7,10H2,1-2H3,(H,14,15). The van der Waals surface area contributed by atoms with Gasteiger partial charge in [0.25, 0.3) is 0 Å². The zero-order valence-electron chi connectivity index (χ0n) is 11.5. The van der Waals surface area contributed by atoms with E-state index in [0.717, 1.165) is 25.8 Å². The lowest BCUT2D eigenvalue weighted by molar-refractivity contribution is 0.453. The van der Waals surface area contributed by atoms with Gasteiger partial charge in [-0.05, 0) is 31.2 Å². The first kappa shape index (κ1) is 14.3. The molecular weight excluding hydrogens is 262 g/mol. The van der Waals surface area contributed by atoms with Gasteiger partial charge in [-0.15, -0.1) is 0 Å². The maximum Gasteiger partial charge on any atom is 0.243 e. The van der Waals surface area contributed by atoms with Crippen molar-refractivity contribution in [2.45, 2.75) is 31.1 Å². The maximum atomic E-state index is 12.4. The number of anilines is 1. The van der Waals surface area contributed by atoms with Crippen LogP contribution in [0.1, 0.15) is 26.2 Å². The van der Waals surface area contributed by atoms with Crippen molar-refractivity contribution >= 4 is 15.8 Å². The molecule has 106 valence electrons. The molecule has 1 aromatic heterocycles. The van der Waals surface area contributed by atoms with Gasteiger partial charge < -0.3 is 5.32 Å². The Morgan fingerprint density at radius 3 is 2.84 bits per heavy atom. The van der Waals surface area contributed by atoms with Crippen molar-refractivity contribution in [1.29, 1.82) is 0 Å². The van der Waals surface area contributed by atoms with Crippen molar-refractivity contribution in [1.82, 2.24) is 9.29 Å². The Morgan fingerprint density at radius 2 is 2.21 bits per heavy atom. The van der Waals surface area contributed by atoms with Crippen LogP contribution in [0.2, 0.25) is 0 Å². The minimum atomic E-state index is -3.39. The molecule has 6 heteroatoms. The number of hydrogen-bond acceptors (Lipinski definition) is 4. The second kappa shape index (κ2) is 5.88. The third kappa shape index (κ3) is 3.67. The molecule has 0 aliphatic heterocycles. The predicted octanol–water partition coefficient (Wildman–Crippen LogP) is 1.93. The molecule has 1 aliphatic carbocycles. The molecule has 19 heavy (non-hydrogen) atoms. The molecule has 0 radical (unpaired) electrons. The zero-order valence-corrected chi connectivity index (χ0v) is 12.3. The first-order chi connectivity index (χ1) is 9.04. The van der Waals surface area contributed by atoms with Gasteiger partial charge in [0.15, 0.2) is 0 Å². The summed E-state index contributed by atoms with van der Waals surface area (Å²) in [6.45, 7) is 3.45. The highest BCUT2D eigenvalue weighted by Gasteiger charge is 2.29. The molecule has 0 aromatic carbocycles. The lowest BCUT2D eigenvalue weighted by Gasteiger charge is -2.17. The van der Waals surface area contributed by atoms with E-state index in [1.54, 1.807) is 19.2 Å². The van der Waals surface area contributed by atoms with E-state index in [1.807, 2.05) is 0 Å². The van der Waals surface area contributed by atoms with E-state index in [0.29, 0.717) is 23.2 Å². The number of hydrogen-bond donors (Lipinski definition) is 1. The van der Waals surface area contributed by atoms with Gasteiger partial charge in [-0.25, -0.2) is 17.7 Å². The predicted molar refractivity (Wildman–Crippen MR) is 75.6 cm³/mol. The summed E-state index contributed by atoms with van der Waals surface area (Å²) >= 11 is 0. The number of rotatable bonds is 7. The van der Waals surface area contributed by atoms with Crippen LogP contribution in [0.5, 0.6) is 0 Å².